The molecule has 0 saturated heterocycles. The topological polar surface area (TPSA) is 50.8 Å². The summed E-state index contributed by atoms with van der Waals surface area (Å²) in [6.45, 7) is 8.98. The van der Waals surface area contributed by atoms with Gasteiger partial charge in [-0.1, -0.05) is 20.8 Å². The molecule has 0 unspecified atom stereocenters. The lowest BCUT2D eigenvalue weighted by molar-refractivity contribution is 0.198. The summed E-state index contributed by atoms with van der Waals surface area (Å²) < 4.78 is 0. The van der Waals surface area contributed by atoms with Gasteiger partial charge in [0.05, 0.1) is 12.1 Å². The van der Waals surface area contributed by atoms with Gasteiger partial charge in [0.1, 0.15) is 0 Å². The van der Waals surface area contributed by atoms with Crippen molar-refractivity contribution in [2.75, 3.05) is 19.6 Å². The highest BCUT2D eigenvalue weighted by Crippen LogP contribution is 2.15. The van der Waals surface area contributed by atoms with Crippen molar-refractivity contribution in [3.63, 3.8) is 0 Å². The van der Waals surface area contributed by atoms with Gasteiger partial charge in [-0.25, -0.2) is 0 Å². The molecule has 0 atom stereocenters. The Morgan fingerprint density at radius 2 is 1.43 bits per heavy atom. The van der Waals surface area contributed by atoms with E-state index >= 15 is 0 Å². The van der Waals surface area contributed by atoms with Gasteiger partial charge in [-0.05, 0) is 5.41 Å². The fourth-order valence-electron chi connectivity index (χ4n) is 1.36. The average Bonchev–Trinajstić information content (AvgIpc) is 2.07. The Balaban J connectivity index is 3.99. The summed E-state index contributed by atoms with van der Waals surface area (Å²) in [6, 6.07) is 4.27. The molecule has 0 aromatic rings. The van der Waals surface area contributed by atoms with Gasteiger partial charge < -0.3 is 4.90 Å². The van der Waals surface area contributed by atoms with Crippen molar-refractivity contribution in [3.8, 4) is 12.1 Å². The predicted molar refractivity (Wildman–Crippen MR) is 56.4 cm³/mol. The summed E-state index contributed by atoms with van der Waals surface area (Å²) in [5.74, 6) is 0. The number of hydrogen-bond donors (Lipinski definition) is 0. The first-order chi connectivity index (χ1) is 6.49. The van der Waals surface area contributed by atoms with Crippen LogP contribution in [0.3, 0.4) is 0 Å². The van der Waals surface area contributed by atoms with Crippen LogP contribution in [0.2, 0.25) is 0 Å². The van der Waals surface area contributed by atoms with E-state index in [1.807, 2.05) is 0 Å². The van der Waals surface area contributed by atoms with E-state index in [-0.39, 0.29) is 5.41 Å². The van der Waals surface area contributed by atoms with Crippen molar-refractivity contribution in [1.82, 2.24) is 4.90 Å². The molecule has 0 aliphatic heterocycles. The third-order valence-corrected chi connectivity index (χ3v) is 1.78. The Labute approximate surface area is 86.9 Å². The molecular weight excluding hydrogens is 174 g/mol. The number of nitriles is 2. The van der Waals surface area contributed by atoms with Crippen LogP contribution in [0.5, 0.6) is 0 Å². The number of hydrogen-bond acceptors (Lipinski definition) is 3. The van der Waals surface area contributed by atoms with Gasteiger partial charge in [-0.3, -0.25) is 0 Å². The first-order valence-electron chi connectivity index (χ1n) is 4.96. The fraction of sp³-hybridized carbons (Fsp3) is 0.818. The van der Waals surface area contributed by atoms with Crippen LogP contribution in [0.15, 0.2) is 0 Å². The Kier molecular flexibility index (Phi) is 5.92. The standard InChI is InChI=1S/C11H19N3/c1-11(2,3)10-14(8-4-6-12)9-5-7-13/h4-5,8-10H2,1-3H3. The summed E-state index contributed by atoms with van der Waals surface area (Å²) in [5.41, 5.74) is 0.227. The van der Waals surface area contributed by atoms with Gasteiger partial charge in [-0.2, -0.15) is 10.5 Å². The summed E-state index contributed by atoms with van der Waals surface area (Å²) in [4.78, 5) is 2.19. The Morgan fingerprint density at radius 3 is 1.71 bits per heavy atom. The van der Waals surface area contributed by atoms with Crippen molar-refractivity contribution >= 4 is 0 Å². The minimum absolute atomic E-state index is 0.227. The molecule has 0 aliphatic carbocycles. The van der Waals surface area contributed by atoms with E-state index in [0.717, 1.165) is 19.6 Å². The Hall–Kier alpha value is -1.06. The molecule has 0 saturated carbocycles. The maximum Gasteiger partial charge on any atom is 0.0635 e. The van der Waals surface area contributed by atoms with Crippen LogP contribution in [0.4, 0.5) is 0 Å². The van der Waals surface area contributed by atoms with E-state index in [1.165, 1.54) is 0 Å². The molecule has 0 fully saturated rings. The summed E-state index contributed by atoms with van der Waals surface area (Å²) >= 11 is 0. The zero-order valence-corrected chi connectivity index (χ0v) is 9.38. The minimum atomic E-state index is 0.227. The largest absolute Gasteiger partial charge is 0.301 e. The van der Waals surface area contributed by atoms with Crippen LogP contribution >= 0.6 is 0 Å². The maximum atomic E-state index is 8.50. The first-order valence-corrected chi connectivity index (χ1v) is 4.96. The smallest absolute Gasteiger partial charge is 0.0635 e. The van der Waals surface area contributed by atoms with E-state index < -0.39 is 0 Å². The molecule has 0 aliphatic rings. The van der Waals surface area contributed by atoms with Crippen LogP contribution in [0.25, 0.3) is 0 Å². The van der Waals surface area contributed by atoms with E-state index in [4.69, 9.17) is 10.5 Å². The van der Waals surface area contributed by atoms with Crippen molar-refractivity contribution < 1.29 is 0 Å². The zero-order valence-electron chi connectivity index (χ0n) is 9.38. The molecular formula is C11H19N3. The quantitative estimate of drug-likeness (QED) is 0.672. The summed E-state index contributed by atoms with van der Waals surface area (Å²) in [7, 11) is 0. The van der Waals surface area contributed by atoms with Crippen LogP contribution in [0.1, 0.15) is 33.6 Å². The average molecular weight is 193 g/mol. The lowest BCUT2D eigenvalue weighted by Crippen LogP contribution is -2.34. The molecule has 3 nitrogen and oxygen atoms in total. The van der Waals surface area contributed by atoms with E-state index in [0.29, 0.717) is 12.8 Å². The Morgan fingerprint density at radius 1 is 1.00 bits per heavy atom. The van der Waals surface area contributed by atoms with Gasteiger partial charge >= 0.3 is 0 Å². The van der Waals surface area contributed by atoms with Crippen LogP contribution in [0, 0.1) is 28.1 Å². The summed E-state index contributed by atoms with van der Waals surface area (Å²) in [6.07, 6.45) is 1.09. The highest BCUT2D eigenvalue weighted by molar-refractivity contribution is 4.78. The first kappa shape index (κ1) is 12.9. The van der Waals surface area contributed by atoms with E-state index in [9.17, 15) is 0 Å². The molecule has 14 heavy (non-hydrogen) atoms. The van der Waals surface area contributed by atoms with E-state index in [1.54, 1.807) is 0 Å². The van der Waals surface area contributed by atoms with Crippen LogP contribution < -0.4 is 0 Å². The molecule has 3 heteroatoms. The molecule has 78 valence electrons. The normalized spacial score (nSPS) is 11.0. The van der Waals surface area contributed by atoms with Crippen molar-refractivity contribution in [1.29, 1.82) is 10.5 Å². The third kappa shape index (κ3) is 7.58. The molecule has 0 heterocycles. The van der Waals surface area contributed by atoms with Gasteiger partial charge in [0.2, 0.25) is 0 Å². The van der Waals surface area contributed by atoms with Gasteiger partial charge in [0.15, 0.2) is 0 Å². The molecule has 0 spiro atoms. The second kappa shape index (κ2) is 6.40. The Bertz CT molecular complexity index is 208. The van der Waals surface area contributed by atoms with E-state index in [2.05, 4.69) is 37.8 Å². The van der Waals surface area contributed by atoms with Crippen LogP contribution in [-0.4, -0.2) is 24.5 Å². The second-order valence-electron chi connectivity index (χ2n) is 4.65. The second-order valence-corrected chi connectivity index (χ2v) is 4.65. The van der Waals surface area contributed by atoms with Crippen molar-refractivity contribution in [2.45, 2.75) is 33.6 Å². The molecule has 0 N–H and O–H groups in total. The molecule has 0 aromatic carbocycles. The van der Waals surface area contributed by atoms with Crippen LogP contribution in [-0.2, 0) is 0 Å². The highest BCUT2D eigenvalue weighted by Gasteiger charge is 2.15. The lowest BCUT2D eigenvalue weighted by atomic mass is 9.96. The maximum absolute atomic E-state index is 8.50. The van der Waals surface area contributed by atoms with Gasteiger partial charge in [0.25, 0.3) is 0 Å². The zero-order chi connectivity index (χ0) is 11.0. The minimum Gasteiger partial charge on any atom is -0.301 e. The van der Waals surface area contributed by atoms with Crippen molar-refractivity contribution in [3.05, 3.63) is 0 Å². The molecule has 0 bridgehead atoms. The number of nitrogens with zero attached hydrogens (tertiary/aromatic N) is 3. The predicted octanol–water partition coefficient (Wildman–Crippen LogP) is 2.16. The molecule has 0 radical (unpaired) electrons. The highest BCUT2D eigenvalue weighted by atomic mass is 15.1. The molecule has 0 rings (SSSR count). The number of rotatable bonds is 5. The lowest BCUT2D eigenvalue weighted by Gasteiger charge is -2.28. The van der Waals surface area contributed by atoms with Gasteiger partial charge in [-0.15, -0.1) is 0 Å². The summed E-state index contributed by atoms with van der Waals surface area (Å²) in [5, 5.41) is 17.0. The SMILES string of the molecule is CC(C)(C)CN(CCC#N)CCC#N. The third-order valence-electron chi connectivity index (χ3n) is 1.78. The van der Waals surface area contributed by atoms with Crippen molar-refractivity contribution in [2.24, 2.45) is 5.41 Å². The van der Waals surface area contributed by atoms with Gasteiger partial charge in [0, 0.05) is 32.5 Å². The molecule has 0 amide bonds. The monoisotopic (exact) mass is 193 g/mol. The molecule has 0 aromatic heterocycles. The fourth-order valence-corrected chi connectivity index (χ4v) is 1.36.